The van der Waals surface area contributed by atoms with Gasteiger partial charge < -0.3 is 24.4 Å². The van der Waals surface area contributed by atoms with Crippen molar-refractivity contribution in [3.8, 4) is 28.7 Å². The van der Waals surface area contributed by atoms with Gasteiger partial charge in [-0.05, 0) is 70.6 Å². The molecule has 2 N–H and O–H groups in total. The molecule has 0 atom stereocenters. The first kappa shape index (κ1) is 18.0. The smallest absolute Gasteiger partial charge is 0.160 e. The molecule has 0 spiro atoms. The Morgan fingerprint density at radius 3 is 1.64 bits per heavy atom. The lowest BCUT2D eigenvalue weighted by Gasteiger charge is -2.30. The number of phenols is 2. The van der Waals surface area contributed by atoms with E-state index in [-0.39, 0.29) is 17.4 Å². The molecule has 0 aromatic heterocycles. The molecular formula is C23H22O5. The van der Waals surface area contributed by atoms with Gasteiger partial charge in [-0.15, -0.1) is 0 Å². The fraction of sp³-hybridized carbons (Fsp3) is 0.217. The standard InChI is InChI=1S/C23H22O5/c1-26-16-6-4-13(5-7-16)23-17-11-19(24)21(27-2)9-14(17)8-15-10-22(28-3)20(25)12-18(15)23/h4-7,9-12,23-25H,8H2,1-3H3. The maximum atomic E-state index is 10.4. The van der Waals surface area contributed by atoms with Crippen LogP contribution in [0.2, 0.25) is 0 Å². The van der Waals surface area contributed by atoms with E-state index in [4.69, 9.17) is 14.2 Å². The second kappa shape index (κ2) is 7.00. The molecule has 3 aromatic rings. The zero-order chi connectivity index (χ0) is 19.8. The molecule has 0 radical (unpaired) electrons. The van der Waals surface area contributed by atoms with Crippen LogP contribution < -0.4 is 14.2 Å². The largest absolute Gasteiger partial charge is 0.504 e. The Morgan fingerprint density at radius 1 is 0.714 bits per heavy atom. The molecule has 0 bridgehead atoms. The summed E-state index contributed by atoms with van der Waals surface area (Å²) in [6.45, 7) is 0. The van der Waals surface area contributed by atoms with Gasteiger partial charge >= 0.3 is 0 Å². The van der Waals surface area contributed by atoms with E-state index in [9.17, 15) is 10.2 Å². The summed E-state index contributed by atoms with van der Waals surface area (Å²) < 4.78 is 15.9. The van der Waals surface area contributed by atoms with Gasteiger partial charge in [0.1, 0.15) is 5.75 Å². The van der Waals surface area contributed by atoms with Crippen LogP contribution in [0.1, 0.15) is 33.7 Å². The van der Waals surface area contributed by atoms with Crippen LogP contribution in [0.4, 0.5) is 0 Å². The van der Waals surface area contributed by atoms with Crippen molar-refractivity contribution in [3.05, 3.63) is 76.3 Å². The Kier molecular flexibility index (Phi) is 4.51. The highest BCUT2D eigenvalue weighted by molar-refractivity contribution is 5.62. The van der Waals surface area contributed by atoms with E-state index in [2.05, 4.69) is 0 Å². The first-order valence-corrected chi connectivity index (χ1v) is 8.99. The third kappa shape index (κ3) is 2.89. The zero-order valence-corrected chi connectivity index (χ0v) is 16.0. The average Bonchev–Trinajstić information content (AvgIpc) is 2.71. The van der Waals surface area contributed by atoms with Gasteiger partial charge in [0.15, 0.2) is 23.0 Å². The van der Waals surface area contributed by atoms with Gasteiger partial charge in [-0.1, -0.05) is 12.1 Å². The van der Waals surface area contributed by atoms with Crippen molar-refractivity contribution in [1.82, 2.24) is 0 Å². The topological polar surface area (TPSA) is 68.2 Å². The summed E-state index contributed by atoms with van der Waals surface area (Å²) in [6, 6.07) is 15.1. The van der Waals surface area contributed by atoms with E-state index in [0.717, 1.165) is 33.6 Å². The van der Waals surface area contributed by atoms with E-state index in [1.54, 1.807) is 33.5 Å². The van der Waals surface area contributed by atoms with E-state index in [1.807, 2.05) is 36.4 Å². The predicted octanol–water partition coefficient (Wildman–Crippen LogP) is 4.21. The maximum Gasteiger partial charge on any atom is 0.160 e. The van der Waals surface area contributed by atoms with E-state index in [1.165, 1.54) is 0 Å². The molecule has 0 saturated heterocycles. The van der Waals surface area contributed by atoms with Crippen molar-refractivity contribution in [2.45, 2.75) is 12.3 Å². The Hall–Kier alpha value is -3.34. The summed E-state index contributed by atoms with van der Waals surface area (Å²) >= 11 is 0. The van der Waals surface area contributed by atoms with Crippen LogP contribution in [-0.2, 0) is 6.42 Å². The van der Waals surface area contributed by atoms with Gasteiger partial charge in [0.25, 0.3) is 0 Å². The summed E-state index contributed by atoms with van der Waals surface area (Å²) in [4.78, 5) is 0. The number of fused-ring (bicyclic) bond motifs is 2. The molecule has 0 amide bonds. The van der Waals surface area contributed by atoms with Gasteiger partial charge in [-0.2, -0.15) is 0 Å². The molecule has 0 saturated carbocycles. The normalized spacial score (nSPS) is 12.8. The van der Waals surface area contributed by atoms with Crippen molar-refractivity contribution in [2.24, 2.45) is 0 Å². The first-order chi connectivity index (χ1) is 13.5. The van der Waals surface area contributed by atoms with Crippen LogP contribution in [0.5, 0.6) is 28.7 Å². The monoisotopic (exact) mass is 378 g/mol. The Balaban J connectivity index is 1.95. The van der Waals surface area contributed by atoms with Gasteiger partial charge in [0, 0.05) is 5.92 Å². The summed E-state index contributed by atoms with van der Waals surface area (Å²) in [5.74, 6) is 1.72. The number of hydrogen-bond donors (Lipinski definition) is 2. The summed E-state index contributed by atoms with van der Waals surface area (Å²) in [5, 5.41) is 20.8. The molecule has 144 valence electrons. The third-order valence-electron chi connectivity index (χ3n) is 5.33. The molecule has 1 aliphatic rings. The van der Waals surface area contributed by atoms with E-state index in [0.29, 0.717) is 17.9 Å². The Bertz CT molecular complexity index is 965. The molecule has 3 aromatic carbocycles. The minimum Gasteiger partial charge on any atom is -0.504 e. The number of hydrogen-bond acceptors (Lipinski definition) is 5. The third-order valence-corrected chi connectivity index (χ3v) is 5.33. The summed E-state index contributed by atoms with van der Waals surface area (Å²) in [6.07, 6.45) is 0.657. The average molecular weight is 378 g/mol. The minimum atomic E-state index is -0.140. The fourth-order valence-corrected chi connectivity index (χ4v) is 3.95. The zero-order valence-electron chi connectivity index (χ0n) is 16.0. The number of ether oxygens (including phenoxy) is 3. The van der Waals surface area contributed by atoms with Crippen molar-refractivity contribution < 1.29 is 24.4 Å². The molecular weight excluding hydrogens is 356 g/mol. The minimum absolute atomic E-state index is 0.0981. The van der Waals surface area contributed by atoms with Crippen LogP contribution in [0.3, 0.4) is 0 Å². The molecule has 0 unspecified atom stereocenters. The van der Waals surface area contributed by atoms with Gasteiger partial charge in [-0.25, -0.2) is 0 Å². The highest BCUT2D eigenvalue weighted by Gasteiger charge is 2.30. The maximum absolute atomic E-state index is 10.4. The van der Waals surface area contributed by atoms with Crippen LogP contribution in [0.15, 0.2) is 48.5 Å². The van der Waals surface area contributed by atoms with Crippen molar-refractivity contribution in [1.29, 1.82) is 0 Å². The highest BCUT2D eigenvalue weighted by Crippen LogP contribution is 2.47. The number of phenolic OH excluding ortho intramolecular Hbond substituents is 2. The van der Waals surface area contributed by atoms with Crippen molar-refractivity contribution in [3.63, 3.8) is 0 Å². The van der Waals surface area contributed by atoms with Crippen molar-refractivity contribution >= 4 is 0 Å². The number of benzene rings is 3. The molecule has 5 heteroatoms. The molecule has 0 aliphatic heterocycles. The van der Waals surface area contributed by atoms with Crippen molar-refractivity contribution in [2.75, 3.05) is 21.3 Å². The second-order valence-corrected chi connectivity index (χ2v) is 6.83. The van der Waals surface area contributed by atoms with E-state index >= 15 is 0 Å². The lowest BCUT2D eigenvalue weighted by Crippen LogP contribution is -2.15. The summed E-state index contributed by atoms with van der Waals surface area (Å²) in [7, 11) is 4.72. The van der Waals surface area contributed by atoms with Crippen LogP contribution in [0, 0.1) is 0 Å². The van der Waals surface area contributed by atoms with Gasteiger partial charge in [-0.3, -0.25) is 0 Å². The molecule has 1 aliphatic carbocycles. The Labute approximate surface area is 163 Å². The van der Waals surface area contributed by atoms with Gasteiger partial charge in [0.05, 0.1) is 21.3 Å². The lowest BCUT2D eigenvalue weighted by atomic mass is 9.74. The van der Waals surface area contributed by atoms with Crippen LogP contribution >= 0.6 is 0 Å². The summed E-state index contributed by atoms with van der Waals surface area (Å²) in [5.41, 5.74) is 5.14. The predicted molar refractivity (Wildman–Crippen MR) is 106 cm³/mol. The molecule has 4 rings (SSSR count). The Morgan fingerprint density at radius 2 is 1.21 bits per heavy atom. The van der Waals surface area contributed by atoms with E-state index < -0.39 is 0 Å². The number of rotatable bonds is 4. The fourth-order valence-electron chi connectivity index (χ4n) is 3.95. The second-order valence-electron chi connectivity index (χ2n) is 6.83. The van der Waals surface area contributed by atoms with Gasteiger partial charge in [0.2, 0.25) is 0 Å². The lowest BCUT2D eigenvalue weighted by molar-refractivity contribution is 0.371. The quantitative estimate of drug-likeness (QED) is 0.557. The SMILES string of the molecule is COc1ccc(C2c3cc(O)c(OC)cc3Cc3cc(OC)c(O)cc32)cc1. The molecule has 28 heavy (non-hydrogen) atoms. The number of aromatic hydroxyl groups is 2. The highest BCUT2D eigenvalue weighted by atomic mass is 16.5. The first-order valence-electron chi connectivity index (χ1n) is 8.99. The van der Waals surface area contributed by atoms with Crippen LogP contribution in [0.25, 0.3) is 0 Å². The molecule has 5 nitrogen and oxygen atoms in total. The molecule has 0 heterocycles. The molecule has 0 fully saturated rings. The van der Waals surface area contributed by atoms with Crippen LogP contribution in [-0.4, -0.2) is 31.5 Å². The number of methoxy groups -OCH3 is 3.